The molecule has 78 valence electrons. The van der Waals surface area contributed by atoms with Gasteiger partial charge in [-0.3, -0.25) is 4.79 Å². The van der Waals surface area contributed by atoms with Crippen LogP contribution in [0, 0.1) is 0 Å². The minimum absolute atomic E-state index is 0.0872. The van der Waals surface area contributed by atoms with Crippen LogP contribution in [-0.2, 0) is 17.8 Å². The van der Waals surface area contributed by atoms with Gasteiger partial charge >= 0.3 is 0 Å². The summed E-state index contributed by atoms with van der Waals surface area (Å²) in [6.07, 6.45) is 4.55. The standard InChI is InChI=1S/C8H15N5O/c9-4-2-1-3-7-5-13(12-11-7)6-8(10)14/h5H,1-4,6,9H2,(H2,10,14). The molecule has 0 atom stereocenters. The summed E-state index contributed by atoms with van der Waals surface area (Å²) >= 11 is 0. The molecule has 0 aliphatic heterocycles. The lowest BCUT2D eigenvalue weighted by molar-refractivity contribution is -0.118. The number of rotatable bonds is 6. The molecule has 6 heteroatoms. The van der Waals surface area contributed by atoms with Crippen LogP contribution in [0.4, 0.5) is 0 Å². The van der Waals surface area contributed by atoms with Crippen molar-refractivity contribution in [3.63, 3.8) is 0 Å². The Bertz CT molecular complexity index is 296. The topological polar surface area (TPSA) is 99.8 Å². The van der Waals surface area contributed by atoms with Crippen LogP contribution in [0.2, 0.25) is 0 Å². The van der Waals surface area contributed by atoms with E-state index >= 15 is 0 Å². The van der Waals surface area contributed by atoms with E-state index in [-0.39, 0.29) is 6.54 Å². The normalized spacial score (nSPS) is 10.4. The van der Waals surface area contributed by atoms with Crippen LogP contribution in [0.15, 0.2) is 6.20 Å². The molecule has 0 saturated heterocycles. The van der Waals surface area contributed by atoms with Gasteiger partial charge in [-0.2, -0.15) is 0 Å². The van der Waals surface area contributed by atoms with Crippen molar-refractivity contribution in [3.8, 4) is 0 Å². The Balaban J connectivity index is 2.38. The van der Waals surface area contributed by atoms with Gasteiger partial charge in [0.05, 0.1) is 5.69 Å². The molecule has 0 spiro atoms. The number of aryl methyl sites for hydroxylation is 1. The predicted molar refractivity (Wildman–Crippen MR) is 51.2 cm³/mol. The average molecular weight is 197 g/mol. The summed E-state index contributed by atoms with van der Waals surface area (Å²) in [7, 11) is 0. The number of aromatic nitrogens is 3. The molecule has 6 nitrogen and oxygen atoms in total. The van der Waals surface area contributed by atoms with E-state index in [1.807, 2.05) is 0 Å². The first-order valence-corrected chi connectivity index (χ1v) is 4.59. The quantitative estimate of drug-likeness (QED) is 0.574. The van der Waals surface area contributed by atoms with E-state index in [1.165, 1.54) is 4.68 Å². The zero-order valence-electron chi connectivity index (χ0n) is 8.02. The van der Waals surface area contributed by atoms with Crippen LogP contribution in [0.1, 0.15) is 18.5 Å². The van der Waals surface area contributed by atoms with E-state index in [4.69, 9.17) is 11.5 Å². The summed E-state index contributed by atoms with van der Waals surface area (Å²) in [4.78, 5) is 10.6. The highest BCUT2D eigenvalue weighted by atomic mass is 16.1. The van der Waals surface area contributed by atoms with E-state index in [2.05, 4.69) is 10.3 Å². The number of nitrogens with zero attached hydrogens (tertiary/aromatic N) is 3. The van der Waals surface area contributed by atoms with Crippen LogP contribution in [0.5, 0.6) is 0 Å². The number of carbonyl (C=O) groups excluding carboxylic acids is 1. The largest absolute Gasteiger partial charge is 0.368 e. The number of amides is 1. The van der Waals surface area contributed by atoms with Gasteiger partial charge in [0.25, 0.3) is 0 Å². The molecule has 0 fully saturated rings. The third kappa shape index (κ3) is 3.53. The highest BCUT2D eigenvalue weighted by Crippen LogP contribution is 1.99. The van der Waals surface area contributed by atoms with Gasteiger partial charge < -0.3 is 11.5 Å². The number of nitrogens with two attached hydrogens (primary N) is 2. The van der Waals surface area contributed by atoms with Crippen molar-refractivity contribution in [3.05, 3.63) is 11.9 Å². The Morgan fingerprint density at radius 2 is 2.29 bits per heavy atom. The lowest BCUT2D eigenvalue weighted by Gasteiger charge is -1.94. The molecular weight excluding hydrogens is 182 g/mol. The van der Waals surface area contributed by atoms with Gasteiger partial charge in [-0.15, -0.1) is 5.10 Å². The van der Waals surface area contributed by atoms with Gasteiger partial charge in [-0.05, 0) is 25.8 Å². The van der Waals surface area contributed by atoms with Crippen LogP contribution in [-0.4, -0.2) is 27.4 Å². The third-order valence-electron chi connectivity index (χ3n) is 1.79. The van der Waals surface area contributed by atoms with Crippen molar-refractivity contribution in [2.24, 2.45) is 11.5 Å². The van der Waals surface area contributed by atoms with E-state index in [1.54, 1.807) is 6.20 Å². The summed E-state index contributed by atoms with van der Waals surface area (Å²) in [5.74, 6) is -0.414. The molecule has 1 heterocycles. The highest BCUT2D eigenvalue weighted by molar-refractivity contribution is 5.73. The minimum atomic E-state index is -0.414. The van der Waals surface area contributed by atoms with Crippen LogP contribution in [0.3, 0.4) is 0 Å². The Hall–Kier alpha value is -1.43. The number of primary amides is 1. The smallest absolute Gasteiger partial charge is 0.239 e. The second-order valence-electron chi connectivity index (χ2n) is 3.12. The SMILES string of the molecule is NCCCCc1cn(CC(N)=O)nn1. The molecule has 0 aliphatic carbocycles. The van der Waals surface area contributed by atoms with Crippen molar-refractivity contribution in [1.82, 2.24) is 15.0 Å². The Kier molecular flexibility index (Phi) is 4.06. The van der Waals surface area contributed by atoms with Gasteiger partial charge in [0.15, 0.2) is 0 Å². The fourth-order valence-electron chi connectivity index (χ4n) is 1.14. The van der Waals surface area contributed by atoms with Crippen molar-refractivity contribution >= 4 is 5.91 Å². The van der Waals surface area contributed by atoms with E-state index in [0.29, 0.717) is 6.54 Å². The maximum Gasteiger partial charge on any atom is 0.239 e. The summed E-state index contributed by atoms with van der Waals surface area (Å²) in [6.45, 7) is 0.777. The Morgan fingerprint density at radius 3 is 2.93 bits per heavy atom. The zero-order valence-corrected chi connectivity index (χ0v) is 8.02. The van der Waals surface area contributed by atoms with Gasteiger partial charge in [-0.25, -0.2) is 4.68 Å². The first-order valence-electron chi connectivity index (χ1n) is 4.59. The molecule has 14 heavy (non-hydrogen) atoms. The Labute approximate surface area is 82.3 Å². The molecule has 0 aliphatic rings. The minimum Gasteiger partial charge on any atom is -0.368 e. The molecule has 0 radical (unpaired) electrons. The van der Waals surface area contributed by atoms with Crippen molar-refractivity contribution < 1.29 is 4.79 Å². The van der Waals surface area contributed by atoms with Gasteiger partial charge in [0.2, 0.25) is 5.91 Å². The molecule has 1 aromatic heterocycles. The molecule has 0 unspecified atom stereocenters. The van der Waals surface area contributed by atoms with Gasteiger partial charge in [0, 0.05) is 6.20 Å². The van der Waals surface area contributed by atoms with Crippen molar-refractivity contribution in [1.29, 1.82) is 0 Å². The number of unbranched alkanes of at least 4 members (excludes halogenated alkanes) is 1. The van der Waals surface area contributed by atoms with Crippen molar-refractivity contribution in [2.45, 2.75) is 25.8 Å². The van der Waals surface area contributed by atoms with Gasteiger partial charge in [-0.1, -0.05) is 5.21 Å². The van der Waals surface area contributed by atoms with Crippen LogP contribution < -0.4 is 11.5 Å². The highest BCUT2D eigenvalue weighted by Gasteiger charge is 2.02. The second-order valence-corrected chi connectivity index (χ2v) is 3.12. The first-order chi connectivity index (χ1) is 6.72. The molecule has 1 amide bonds. The number of hydrogen-bond donors (Lipinski definition) is 2. The van der Waals surface area contributed by atoms with E-state index in [0.717, 1.165) is 25.0 Å². The maximum atomic E-state index is 10.6. The third-order valence-corrected chi connectivity index (χ3v) is 1.79. The first kappa shape index (κ1) is 10.6. The van der Waals surface area contributed by atoms with Crippen molar-refractivity contribution in [2.75, 3.05) is 6.54 Å². The van der Waals surface area contributed by atoms with Crippen LogP contribution >= 0.6 is 0 Å². The van der Waals surface area contributed by atoms with E-state index < -0.39 is 5.91 Å². The Morgan fingerprint density at radius 1 is 1.50 bits per heavy atom. The molecule has 1 rings (SSSR count). The average Bonchev–Trinajstić information content (AvgIpc) is 2.52. The predicted octanol–water partition coefficient (Wildman–Crippen LogP) is -0.955. The number of hydrogen-bond acceptors (Lipinski definition) is 4. The molecule has 1 aromatic rings. The van der Waals surface area contributed by atoms with Gasteiger partial charge in [0.1, 0.15) is 6.54 Å². The molecular formula is C8H15N5O. The summed E-state index contributed by atoms with van der Waals surface area (Å²) in [5, 5.41) is 7.68. The summed E-state index contributed by atoms with van der Waals surface area (Å²) < 4.78 is 1.44. The lowest BCUT2D eigenvalue weighted by Crippen LogP contribution is -2.18. The molecule has 4 N–H and O–H groups in total. The molecule has 0 saturated carbocycles. The van der Waals surface area contributed by atoms with Crippen LogP contribution in [0.25, 0.3) is 0 Å². The summed E-state index contributed by atoms with van der Waals surface area (Å²) in [5.41, 5.74) is 11.2. The second kappa shape index (κ2) is 5.33. The monoisotopic (exact) mass is 197 g/mol. The zero-order chi connectivity index (χ0) is 10.4. The number of carbonyl (C=O) groups is 1. The molecule has 0 aromatic carbocycles. The molecule has 0 bridgehead atoms. The fourth-order valence-corrected chi connectivity index (χ4v) is 1.14. The van der Waals surface area contributed by atoms with E-state index in [9.17, 15) is 4.79 Å². The lowest BCUT2D eigenvalue weighted by atomic mass is 10.2. The summed E-state index contributed by atoms with van der Waals surface area (Å²) in [6, 6.07) is 0. The fraction of sp³-hybridized carbons (Fsp3) is 0.625. The maximum absolute atomic E-state index is 10.6.